The van der Waals surface area contributed by atoms with Crippen LogP contribution in [0.4, 0.5) is 0 Å². The fourth-order valence-corrected chi connectivity index (χ4v) is 5.22. The van der Waals surface area contributed by atoms with Gasteiger partial charge >= 0.3 is 5.97 Å². The minimum absolute atomic E-state index is 0.108. The van der Waals surface area contributed by atoms with Crippen molar-refractivity contribution in [1.29, 1.82) is 0 Å². The largest absolute Gasteiger partial charge is 0.457 e. The van der Waals surface area contributed by atoms with Gasteiger partial charge in [0, 0.05) is 18.7 Å². The number of hydrogen-bond donors (Lipinski definition) is 0. The lowest BCUT2D eigenvalue weighted by molar-refractivity contribution is -0.143. The number of rotatable bonds is 8. The Hall–Kier alpha value is -3.33. The van der Waals surface area contributed by atoms with Crippen LogP contribution >= 0.6 is 0 Å². The molecule has 176 valence electrons. The number of benzene rings is 3. The molecule has 1 saturated heterocycles. The van der Waals surface area contributed by atoms with Crippen LogP contribution in [0.2, 0.25) is 0 Å². The van der Waals surface area contributed by atoms with Crippen LogP contribution in [-0.4, -0.2) is 57.4 Å². The molecule has 8 heteroatoms. The van der Waals surface area contributed by atoms with E-state index in [4.69, 9.17) is 9.47 Å². The third-order valence-corrected chi connectivity index (χ3v) is 7.54. The molecule has 0 aliphatic carbocycles. The number of carbonyl (C=O) groups excluding carboxylic acids is 2. The minimum Gasteiger partial charge on any atom is -0.457 e. The zero-order chi connectivity index (χ0) is 24.0. The van der Waals surface area contributed by atoms with Gasteiger partial charge in [-0.3, -0.25) is 9.59 Å². The standard InChI is InChI=1S/C26H25NO6S/c28-24(20-11-13-23(14-12-20)34(30,31)27-15-17-32-18-16-27)19-33-26(29)25(21-7-3-1-4-8-21)22-9-5-2-6-10-22/h1-14,25H,15-19H2. The normalized spacial score (nSPS) is 14.6. The highest BCUT2D eigenvalue weighted by Gasteiger charge is 2.27. The van der Waals surface area contributed by atoms with Crippen LogP contribution in [0.1, 0.15) is 27.4 Å². The second kappa shape index (κ2) is 10.7. The molecule has 0 spiro atoms. The lowest BCUT2D eigenvalue weighted by Crippen LogP contribution is -2.40. The van der Waals surface area contributed by atoms with E-state index in [1.54, 1.807) is 0 Å². The second-order valence-electron chi connectivity index (χ2n) is 7.83. The van der Waals surface area contributed by atoms with Gasteiger partial charge in [-0.2, -0.15) is 4.31 Å². The molecule has 0 amide bonds. The summed E-state index contributed by atoms with van der Waals surface area (Å²) >= 11 is 0. The van der Waals surface area contributed by atoms with Gasteiger partial charge in [0.15, 0.2) is 12.4 Å². The van der Waals surface area contributed by atoms with Gasteiger partial charge in [-0.15, -0.1) is 0 Å². The average molecular weight is 480 g/mol. The van der Waals surface area contributed by atoms with Crippen LogP contribution in [0.5, 0.6) is 0 Å². The van der Waals surface area contributed by atoms with Crippen molar-refractivity contribution in [1.82, 2.24) is 4.31 Å². The maximum absolute atomic E-state index is 13.0. The molecule has 7 nitrogen and oxygen atoms in total. The van der Waals surface area contributed by atoms with E-state index in [0.29, 0.717) is 26.3 Å². The molecule has 1 fully saturated rings. The Bertz CT molecular complexity index is 1180. The quantitative estimate of drug-likeness (QED) is 0.364. The third-order valence-electron chi connectivity index (χ3n) is 5.63. The molecule has 0 bridgehead atoms. The van der Waals surface area contributed by atoms with Crippen LogP contribution in [0.3, 0.4) is 0 Å². The fraction of sp³-hybridized carbons (Fsp3) is 0.231. The van der Waals surface area contributed by atoms with Crippen molar-refractivity contribution < 1.29 is 27.5 Å². The summed E-state index contributed by atoms with van der Waals surface area (Å²) in [4.78, 5) is 25.7. The maximum atomic E-state index is 13.0. The summed E-state index contributed by atoms with van der Waals surface area (Å²) in [7, 11) is -3.65. The molecule has 0 aromatic heterocycles. The van der Waals surface area contributed by atoms with Crippen molar-refractivity contribution in [2.24, 2.45) is 0 Å². The molecule has 3 aromatic rings. The molecular formula is C26H25NO6S. The number of ketones is 1. The SMILES string of the molecule is O=C(COC(=O)C(c1ccccc1)c1ccccc1)c1ccc(S(=O)(=O)N2CCOCC2)cc1. The van der Waals surface area contributed by atoms with E-state index in [2.05, 4.69) is 0 Å². The first-order chi connectivity index (χ1) is 16.5. The highest BCUT2D eigenvalue weighted by molar-refractivity contribution is 7.89. The van der Waals surface area contributed by atoms with Gasteiger partial charge in [0.25, 0.3) is 0 Å². The Morgan fingerprint density at radius 3 is 1.88 bits per heavy atom. The van der Waals surface area contributed by atoms with Crippen molar-refractivity contribution in [2.75, 3.05) is 32.9 Å². The number of Topliss-reactive ketones (excluding diaryl/α,β-unsaturated/α-hetero) is 1. The summed E-state index contributed by atoms with van der Waals surface area (Å²) in [6.07, 6.45) is 0. The Labute approximate surface area is 199 Å². The molecule has 34 heavy (non-hydrogen) atoms. The van der Waals surface area contributed by atoms with Crippen LogP contribution in [0, 0.1) is 0 Å². The zero-order valence-electron chi connectivity index (χ0n) is 18.5. The maximum Gasteiger partial charge on any atom is 0.318 e. The highest BCUT2D eigenvalue weighted by Crippen LogP contribution is 2.26. The molecule has 1 heterocycles. The van der Waals surface area contributed by atoms with Crippen LogP contribution in [0.15, 0.2) is 89.8 Å². The zero-order valence-corrected chi connectivity index (χ0v) is 19.3. The molecule has 0 saturated carbocycles. The van der Waals surface area contributed by atoms with Crippen molar-refractivity contribution in [3.05, 3.63) is 102 Å². The number of morpholine rings is 1. The van der Waals surface area contributed by atoms with Crippen molar-refractivity contribution in [2.45, 2.75) is 10.8 Å². The molecule has 1 aliphatic rings. The predicted octanol–water partition coefficient (Wildman–Crippen LogP) is 3.27. The smallest absolute Gasteiger partial charge is 0.318 e. The molecular weight excluding hydrogens is 454 g/mol. The van der Waals surface area contributed by atoms with Gasteiger partial charge in [0.2, 0.25) is 10.0 Å². The van der Waals surface area contributed by atoms with E-state index in [-0.39, 0.29) is 10.5 Å². The number of esters is 1. The summed E-state index contributed by atoms with van der Waals surface area (Å²) in [5, 5.41) is 0. The van der Waals surface area contributed by atoms with Crippen molar-refractivity contribution >= 4 is 21.8 Å². The van der Waals surface area contributed by atoms with Gasteiger partial charge in [-0.05, 0) is 35.4 Å². The molecule has 0 atom stereocenters. The first-order valence-corrected chi connectivity index (χ1v) is 12.4. The molecule has 4 rings (SSSR count). The monoisotopic (exact) mass is 479 g/mol. The molecule has 0 unspecified atom stereocenters. The van der Waals surface area contributed by atoms with Crippen LogP contribution in [-0.2, 0) is 24.3 Å². The van der Waals surface area contributed by atoms with E-state index in [0.717, 1.165) is 11.1 Å². The topological polar surface area (TPSA) is 90.0 Å². The molecule has 3 aromatic carbocycles. The second-order valence-corrected chi connectivity index (χ2v) is 9.76. The first kappa shape index (κ1) is 23.8. The van der Waals surface area contributed by atoms with Crippen molar-refractivity contribution in [3.8, 4) is 0 Å². The summed E-state index contributed by atoms with van der Waals surface area (Å²) in [6, 6.07) is 24.1. The summed E-state index contributed by atoms with van der Waals surface area (Å²) in [5.41, 5.74) is 1.80. The number of carbonyl (C=O) groups is 2. The Kier molecular flexibility index (Phi) is 7.52. The number of hydrogen-bond acceptors (Lipinski definition) is 6. The van der Waals surface area contributed by atoms with Gasteiger partial charge < -0.3 is 9.47 Å². The summed E-state index contributed by atoms with van der Waals surface area (Å²) < 4.78 is 37.5. The van der Waals surface area contributed by atoms with E-state index >= 15 is 0 Å². The van der Waals surface area contributed by atoms with E-state index in [1.165, 1.54) is 28.6 Å². The Balaban J connectivity index is 1.44. The summed E-state index contributed by atoms with van der Waals surface area (Å²) in [5.74, 6) is -1.60. The van der Waals surface area contributed by atoms with E-state index in [1.807, 2.05) is 60.7 Å². The number of nitrogens with zero attached hydrogens (tertiary/aromatic N) is 1. The predicted molar refractivity (Wildman–Crippen MR) is 126 cm³/mol. The van der Waals surface area contributed by atoms with E-state index < -0.39 is 34.3 Å². The molecule has 1 aliphatic heterocycles. The van der Waals surface area contributed by atoms with Gasteiger partial charge in [-0.25, -0.2) is 8.42 Å². The van der Waals surface area contributed by atoms with Crippen LogP contribution in [0.25, 0.3) is 0 Å². The third kappa shape index (κ3) is 5.41. The summed E-state index contributed by atoms with van der Waals surface area (Å²) in [6.45, 7) is 0.860. The fourth-order valence-electron chi connectivity index (χ4n) is 3.81. The van der Waals surface area contributed by atoms with Crippen molar-refractivity contribution in [3.63, 3.8) is 0 Å². The Morgan fingerprint density at radius 2 is 1.35 bits per heavy atom. The minimum atomic E-state index is -3.65. The lowest BCUT2D eigenvalue weighted by atomic mass is 9.91. The van der Waals surface area contributed by atoms with Gasteiger partial charge in [0.1, 0.15) is 5.92 Å². The Morgan fingerprint density at radius 1 is 0.824 bits per heavy atom. The van der Waals surface area contributed by atoms with Crippen LogP contribution < -0.4 is 0 Å². The first-order valence-electron chi connectivity index (χ1n) is 10.9. The lowest BCUT2D eigenvalue weighted by Gasteiger charge is -2.26. The molecule has 0 N–H and O–H groups in total. The highest BCUT2D eigenvalue weighted by atomic mass is 32.2. The number of ether oxygens (including phenoxy) is 2. The number of sulfonamides is 1. The van der Waals surface area contributed by atoms with E-state index in [9.17, 15) is 18.0 Å². The van der Waals surface area contributed by atoms with Gasteiger partial charge in [-0.1, -0.05) is 60.7 Å². The average Bonchev–Trinajstić information content (AvgIpc) is 2.89. The van der Waals surface area contributed by atoms with Gasteiger partial charge in [0.05, 0.1) is 18.1 Å². The molecule has 0 radical (unpaired) electrons.